The summed E-state index contributed by atoms with van der Waals surface area (Å²) in [4.78, 5) is 22.4. The lowest BCUT2D eigenvalue weighted by Crippen LogP contribution is -2.18. The van der Waals surface area contributed by atoms with Crippen LogP contribution in [0, 0.1) is 0 Å². The van der Waals surface area contributed by atoms with E-state index in [1.54, 1.807) is 42.5 Å². The van der Waals surface area contributed by atoms with E-state index in [0.29, 0.717) is 11.1 Å². The Morgan fingerprint density at radius 1 is 0.775 bits per heavy atom. The second kappa shape index (κ2) is 20.6. The van der Waals surface area contributed by atoms with Crippen LogP contribution in [0.5, 0.6) is 5.75 Å². The van der Waals surface area contributed by atoms with Crippen molar-refractivity contribution < 1.29 is 24.2 Å². The second-order valence-corrected chi connectivity index (χ2v) is 10.7. The van der Waals surface area contributed by atoms with Gasteiger partial charge in [-0.25, -0.2) is 9.59 Å². The van der Waals surface area contributed by atoms with Gasteiger partial charge >= 0.3 is 11.9 Å². The van der Waals surface area contributed by atoms with Gasteiger partial charge in [0.1, 0.15) is 11.9 Å². The number of carboxylic acids is 1. The first-order valence-corrected chi connectivity index (χ1v) is 15.5. The lowest BCUT2D eigenvalue weighted by Gasteiger charge is -2.16. The van der Waals surface area contributed by atoms with Crippen LogP contribution in [0.15, 0.2) is 84.9 Å². The van der Waals surface area contributed by atoms with Crippen molar-refractivity contribution in [3.8, 4) is 5.75 Å². The zero-order valence-electron chi connectivity index (χ0n) is 23.9. The number of thioether (sulfide) groups is 1. The molecule has 1 N–H and O–H groups in total. The average molecular weight is 565 g/mol. The van der Waals surface area contributed by atoms with E-state index >= 15 is 0 Å². The van der Waals surface area contributed by atoms with Gasteiger partial charge in [-0.05, 0) is 67.0 Å². The van der Waals surface area contributed by atoms with E-state index in [2.05, 4.69) is 38.1 Å². The third-order valence-electron chi connectivity index (χ3n) is 6.30. The number of hydrogen-bond donors (Lipinski definition) is 1. The predicted molar refractivity (Wildman–Crippen MR) is 165 cm³/mol. The van der Waals surface area contributed by atoms with Gasteiger partial charge in [-0.2, -0.15) is 11.8 Å². The van der Waals surface area contributed by atoms with E-state index in [-0.39, 0.29) is 12.1 Å². The number of aromatic carboxylic acids is 1. The van der Waals surface area contributed by atoms with Crippen molar-refractivity contribution in [3.05, 3.63) is 102 Å². The Bertz CT molecular complexity index is 1070. The van der Waals surface area contributed by atoms with Crippen LogP contribution in [0.25, 0.3) is 0 Å². The number of hydrogen-bond acceptors (Lipinski definition) is 5. The summed E-state index contributed by atoms with van der Waals surface area (Å²) in [6.45, 7) is 5.12. The summed E-state index contributed by atoms with van der Waals surface area (Å²) in [5, 5.41) is 8.38. The fourth-order valence-corrected chi connectivity index (χ4v) is 4.88. The summed E-state index contributed by atoms with van der Waals surface area (Å²) >= 11 is 1.88. The van der Waals surface area contributed by atoms with Crippen molar-refractivity contribution in [1.82, 2.24) is 0 Å². The van der Waals surface area contributed by atoms with E-state index in [1.165, 1.54) is 37.7 Å². The molecule has 1 unspecified atom stereocenters. The van der Waals surface area contributed by atoms with Gasteiger partial charge in [0.05, 0.1) is 17.7 Å². The number of ether oxygens (including phenoxy) is 2. The molecule has 0 aliphatic rings. The molecule has 3 rings (SSSR count). The molecule has 0 spiro atoms. The van der Waals surface area contributed by atoms with Crippen LogP contribution >= 0.6 is 11.8 Å². The standard InChI is InChI=1S/C27H38O3S.C7H6O2/c1-3-5-6-7-8-12-20-29-26-17-15-23(16-18-26)22-31-21-19-25(4-2)30-27(28)24-13-10-9-11-14-24;8-7(9)6-4-2-1-3-5-6/h9-11,13-18,25H,3-8,12,19-22H2,1-2H3;1-5H,(H,8,9). The Balaban J connectivity index is 0.000000526. The molecule has 3 aromatic carbocycles. The van der Waals surface area contributed by atoms with Crippen molar-refractivity contribution in [2.45, 2.75) is 77.1 Å². The van der Waals surface area contributed by atoms with Gasteiger partial charge in [0.2, 0.25) is 0 Å². The van der Waals surface area contributed by atoms with Crippen molar-refractivity contribution in [2.75, 3.05) is 12.4 Å². The summed E-state index contributed by atoms with van der Waals surface area (Å²) in [5.74, 6) is 1.78. The highest BCUT2D eigenvalue weighted by Gasteiger charge is 2.14. The molecule has 5 nitrogen and oxygen atoms in total. The van der Waals surface area contributed by atoms with Crippen LogP contribution in [0.3, 0.4) is 0 Å². The van der Waals surface area contributed by atoms with Crippen LogP contribution in [-0.2, 0) is 10.5 Å². The topological polar surface area (TPSA) is 72.8 Å². The summed E-state index contributed by atoms with van der Waals surface area (Å²) in [6, 6.07) is 26.0. The summed E-state index contributed by atoms with van der Waals surface area (Å²) in [5.41, 5.74) is 2.25. The lowest BCUT2D eigenvalue weighted by molar-refractivity contribution is 0.0287. The van der Waals surface area contributed by atoms with Crippen molar-refractivity contribution >= 4 is 23.7 Å². The minimum Gasteiger partial charge on any atom is -0.494 e. The molecule has 0 aliphatic carbocycles. The molecule has 0 aliphatic heterocycles. The smallest absolute Gasteiger partial charge is 0.338 e. The molecule has 0 bridgehead atoms. The van der Waals surface area contributed by atoms with E-state index in [9.17, 15) is 9.59 Å². The number of rotatable bonds is 17. The molecule has 3 aromatic rings. The van der Waals surface area contributed by atoms with Crippen LogP contribution in [0.4, 0.5) is 0 Å². The largest absolute Gasteiger partial charge is 0.494 e. The molecule has 40 heavy (non-hydrogen) atoms. The normalized spacial score (nSPS) is 11.2. The maximum atomic E-state index is 12.2. The minimum absolute atomic E-state index is 0.0297. The molecule has 6 heteroatoms. The van der Waals surface area contributed by atoms with Crippen LogP contribution in [0.2, 0.25) is 0 Å². The first-order chi connectivity index (χ1) is 19.5. The van der Waals surface area contributed by atoms with Crippen molar-refractivity contribution in [3.63, 3.8) is 0 Å². The fraction of sp³-hybridized carbons (Fsp3) is 0.412. The monoisotopic (exact) mass is 564 g/mol. The maximum Gasteiger partial charge on any atom is 0.338 e. The van der Waals surface area contributed by atoms with Crippen LogP contribution < -0.4 is 4.74 Å². The molecule has 0 fully saturated rings. The molecule has 0 saturated heterocycles. The van der Waals surface area contributed by atoms with E-state index < -0.39 is 5.97 Å². The quantitative estimate of drug-likeness (QED) is 0.130. The average Bonchev–Trinajstić information content (AvgIpc) is 3.00. The van der Waals surface area contributed by atoms with Gasteiger partial charge in [0, 0.05) is 5.75 Å². The van der Waals surface area contributed by atoms with Crippen molar-refractivity contribution in [2.24, 2.45) is 0 Å². The minimum atomic E-state index is -0.879. The van der Waals surface area contributed by atoms with Gasteiger partial charge in [-0.1, -0.05) is 94.5 Å². The third kappa shape index (κ3) is 14.2. The predicted octanol–water partition coefficient (Wildman–Crippen LogP) is 9.07. The van der Waals surface area contributed by atoms with Gasteiger partial charge in [-0.15, -0.1) is 0 Å². The number of carboxylic acid groups (broad SMARTS) is 1. The molecule has 0 radical (unpaired) electrons. The Kier molecular flexibility index (Phi) is 17.0. The molecule has 0 heterocycles. The summed E-state index contributed by atoms with van der Waals surface area (Å²) in [6.07, 6.45) is 9.37. The first kappa shape index (κ1) is 33.0. The second-order valence-electron chi connectivity index (χ2n) is 9.57. The third-order valence-corrected chi connectivity index (χ3v) is 7.36. The number of esters is 1. The van der Waals surface area contributed by atoms with Crippen molar-refractivity contribution in [1.29, 1.82) is 0 Å². The Morgan fingerprint density at radius 2 is 1.38 bits per heavy atom. The molecule has 216 valence electrons. The van der Waals surface area contributed by atoms with Crippen LogP contribution in [0.1, 0.15) is 91.5 Å². The molecule has 0 amide bonds. The highest BCUT2D eigenvalue weighted by molar-refractivity contribution is 7.98. The lowest BCUT2D eigenvalue weighted by atomic mass is 10.1. The van der Waals surface area contributed by atoms with Crippen LogP contribution in [-0.4, -0.2) is 35.5 Å². The van der Waals surface area contributed by atoms with E-state index in [1.807, 2.05) is 30.0 Å². The maximum absolute atomic E-state index is 12.2. The number of benzene rings is 3. The van der Waals surface area contributed by atoms with Gasteiger partial charge in [0.25, 0.3) is 0 Å². The van der Waals surface area contributed by atoms with E-state index in [4.69, 9.17) is 14.6 Å². The molecule has 0 saturated carbocycles. The summed E-state index contributed by atoms with van der Waals surface area (Å²) < 4.78 is 11.5. The number of carbonyl (C=O) groups excluding carboxylic acids is 1. The zero-order valence-corrected chi connectivity index (χ0v) is 24.7. The Hall–Kier alpha value is -3.25. The first-order valence-electron chi connectivity index (χ1n) is 14.4. The highest BCUT2D eigenvalue weighted by Crippen LogP contribution is 2.20. The SMILES string of the molecule is CCCCCCCCOc1ccc(CSCCC(CC)OC(=O)c2ccccc2)cc1.O=C(O)c1ccccc1. The highest BCUT2D eigenvalue weighted by atomic mass is 32.2. The van der Waals surface area contributed by atoms with E-state index in [0.717, 1.165) is 43.1 Å². The zero-order chi connectivity index (χ0) is 28.8. The fourth-order valence-electron chi connectivity index (χ4n) is 3.88. The molecule has 0 aromatic heterocycles. The number of carbonyl (C=O) groups is 2. The molecular weight excluding hydrogens is 520 g/mol. The Labute approximate surface area is 244 Å². The molecule has 1 atom stereocenters. The van der Waals surface area contributed by atoms with Gasteiger partial charge in [0.15, 0.2) is 0 Å². The van der Waals surface area contributed by atoms with Gasteiger partial charge in [-0.3, -0.25) is 0 Å². The molecular formula is C34H44O5S. The van der Waals surface area contributed by atoms with Gasteiger partial charge < -0.3 is 14.6 Å². The number of unbranched alkanes of at least 4 members (excludes halogenated alkanes) is 5. The Morgan fingerprint density at radius 3 is 1.95 bits per heavy atom. The summed E-state index contributed by atoms with van der Waals surface area (Å²) in [7, 11) is 0.